The quantitative estimate of drug-likeness (QED) is 0.824. The number of rotatable bonds is 5. The second kappa shape index (κ2) is 7.57. The number of nitrogens with zero attached hydrogens (tertiary/aromatic N) is 2. The van der Waals surface area contributed by atoms with Crippen LogP contribution in [0, 0.1) is 11.8 Å². The van der Waals surface area contributed by atoms with Crippen LogP contribution in [-0.4, -0.2) is 21.0 Å². The number of hydrogen-bond donors (Lipinski definition) is 1. The van der Waals surface area contributed by atoms with Crippen molar-refractivity contribution in [2.75, 3.05) is 0 Å². The third kappa shape index (κ3) is 4.57. The van der Waals surface area contributed by atoms with E-state index in [2.05, 4.69) is 37.7 Å². The Morgan fingerprint density at radius 1 is 1.32 bits per heavy atom. The average Bonchev–Trinajstić information content (AvgIpc) is 2.50. The Hall–Kier alpha value is -2.39. The number of carboxylic acids is 1. The van der Waals surface area contributed by atoms with Crippen molar-refractivity contribution in [3.8, 4) is 23.6 Å². The van der Waals surface area contributed by atoms with Gasteiger partial charge in [-0.3, -0.25) is 4.79 Å². The molecule has 0 aliphatic heterocycles. The lowest BCUT2D eigenvalue weighted by molar-refractivity contribution is -0.137. The second-order valence-corrected chi connectivity index (χ2v) is 5.32. The summed E-state index contributed by atoms with van der Waals surface area (Å²) < 4.78 is 6.28. The average molecular weight is 361 g/mol. The Labute approximate surface area is 136 Å². The highest BCUT2D eigenvalue weighted by Gasteiger charge is 2.13. The zero-order valence-corrected chi connectivity index (χ0v) is 13.4. The number of halogens is 1. The van der Waals surface area contributed by atoms with E-state index in [1.54, 1.807) is 43.6 Å². The highest BCUT2D eigenvalue weighted by atomic mass is 79.9. The molecular weight excluding hydrogens is 348 g/mol. The fraction of sp³-hybridized carbons (Fsp3) is 0.188. The lowest BCUT2D eigenvalue weighted by atomic mass is 9.96. The molecule has 2 rings (SSSR count). The molecule has 6 heteroatoms. The maximum Gasteiger partial charge on any atom is 0.321 e. The van der Waals surface area contributed by atoms with E-state index < -0.39 is 5.97 Å². The van der Waals surface area contributed by atoms with Gasteiger partial charge in [0.05, 0.1) is 16.8 Å². The van der Waals surface area contributed by atoms with Gasteiger partial charge in [-0.15, -0.1) is 5.92 Å². The standard InChI is InChI=1S/C16H13BrN2O3/c1-2-3-12(8-15(20)21)11-4-6-14(7-5-11)22-16-18-9-13(17)10-19-16/h4-7,9-10,12H,8H2,1H3,(H,20,21). The number of carbonyl (C=O) groups is 1. The van der Waals surface area contributed by atoms with E-state index in [1.807, 2.05) is 0 Å². The first-order chi connectivity index (χ1) is 10.6. The molecule has 22 heavy (non-hydrogen) atoms. The molecule has 0 aliphatic carbocycles. The summed E-state index contributed by atoms with van der Waals surface area (Å²) >= 11 is 3.25. The fourth-order valence-corrected chi connectivity index (χ4v) is 2.03. The van der Waals surface area contributed by atoms with Gasteiger partial charge in [-0.25, -0.2) is 9.97 Å². The summed E-state index contributed by atoms with van der Waals surface area (Å²) in [5, 5.41) is 8.93. The Morgan fingerprint density at radius 3 is 2.50 bits per heavy atom. The van der Waals surface area contributed by atoms with Crippen molar-refractivity contribution in [3.63, 3.8) is 0 Å². The topological polar surface area (TPSA) is 72.3 Å². The zero-order valence-electron chi connectivity index (χ0n) is 11.8. The van der Waals surface area contributed by atoms with Crippen molar-refractivity contribution in [1.82, 2.24) is 9.97 Å². The molecule has 1 unspecified atom stereocenters. The number of carboxylic acid groups (broad SMARTS) is 1. The maximum atomic E-state index is 10.9. The monoisotopic (exact) mass is 360 g/mol. The van der Waals surface area contributed by atoms with E-state index in [1.165, 1.54) is 0 Å². The number of ether oxygens (including phenoxy) is 1. The van der Waals surface area contributed by atoms with Crippen LogP contribution in [0.15, 0.2) is 41.1 Å². The molecule has 0 saturated carbocycles. The number of benzene rings is 1. The van der Waals surface area contributed by atoms with E-state index in [9.17, 15) is 4.79 Å². The molecule has 0 spiro atoms. The van der Waals surface area contributed by atoms with Crippen LogP contribution in [0.3, 0.4) is 0 Å². The van der Waals surface area contributed by atoms with Crippen molar-refractivity contribution >= 4 is 21.9 Å². The summed E-state index contributed by atoms with van der Waals surface area (Å²) in [6.07, 6.45) is 3.16. The van der Waals surface area contributed by atoms with Gasteiger partial charge in [0, 0.05) is 12.4 Å². The Morgan fingerprint density at radius 2 is 1.95 bits per heavy atom. The normalized spacial score (nSPS) is 11.2. The summed E-state index contributed by atoms with van der Waals surface area (Å²) in [5.41, 5.74) is 0.834. The molecule has 0 bridgehead atoms. The summed E-state index contributed by atoms with van der Waals surface area (Å²) in [5.74, 6) is 5.03. The molecule has 1 aromatic heterocycles. The molecule has 1 aromatic carbocycles. The van der Waals surface area contributed by atoms with Crippen LogP contribution in [-0.2, 0) is 4.79 Å². The van der Waals surface area contributed by atoms with Gasteiger partial charge in [0.25, 0.3) is 0 Å². The molecule has 1 heterocycles. The van der Waals surface area contributed by atoms with Gasteiger partial charge in [-0.1, -0.05) is 18.1 Å². The van der Waals surface area contributed by atoms with Gasteiger partial charge < -0.3 is 9.84 Å². The first-order valence-corrected chi connectivity index (χ1v) is 7.27. The highest BCUT2D eigenvalue weighted by molar-refractivity contribution is 9.10. The minimum atomic E-state index is -0.878. The van der Waals surface area contributed by atoms with E-state index in [-0.39, 0.29) is 18.3 Å². The van der Waals surface area contributed by atoms with Crippen molar-refractivity contribution < 1.29 is 14.6 Å². The van der Waals surface area contributed by atoms with Gasteiger partial charge in [-0.05, 0) is 40.5 Å². The van der Waals surface area contributed by atoms with Gasteiger partial charge in [0.1, 0.15) is 5.75 Å². The van der Waals surface area contributed by atoms with E-state index in [0.29, 0.717) is 5.75 Å². The first kappa shape index (κ1) is 16.0. The van der Waals surface area contributed by atoms with Crippen LogP contribution >= 0.6 is 15.9 Å². The summed E-state index contributed by atoms with van der Waals surface area (Å²) in [4.78, 5) is 18.9. The van der Waals surface area contributed by atoms with Crippen LogP contribution in [0.2, 0.25) is 0 Å². The van der Waals surface area contributed by atoms with Crippen molar-refractivity contribution in [2.24, 2.45) is 0 Å². The van der Waals surface area contributed by atoms with E-state index >= 15 is 0 Å². The molecule has 5 nitrogen and oxygen atoms in total. The van der Waals surface area contributed by atoms with Crippen molar-refractivity contribution in [2.45, 2.75) is 19.3 Å². The van der Waals surface area contributed by atoms with Gasteiger partial charge in [-0.2, -0.15) is 0 Å². The predicted octanol–water partition coefficient (Wildman–Crippen LogP) is 3.61. The molecule has 0 saturated heterocycles. The lowest BCUT2D eigenvalue weighted by Gasteiger charge is -2.09. The summed E-state index contributed by atoms with van der Waals surface area (Å²) in [6.45, 7) is 1.69. The first-order valence-electron chi connectivity index (χ1n) is 6.48. The minimum Gasteiger partial charge on any atom is -0.481 e. The van der Waals surface area contributed by atoms with Crippen LogP contribution in [0.5, 0.6) is 11.8 Å². The molecule has 1 N–H and O–H groups in total. The summed E-state index contributed by atoms with van der Waals surface area (Å²) in [7, 11) is 0. The zero-order chi connectivity index (χ0) is 15.9. The SMILES string of the molecule is CC#CC(CC(=O)O)c1ccc(Oc2ncc(Br)cn2)cc1. The van der Waals surface area contributed by atoms with E-state index in [4.69, 9.17) is 9.84 Å². The van der Waals surface area contributed by atoms with Gasteiger partial charge in [0.2, 0.25) is 0 Å². The highest BCUT2D eigenvalue weighted by Crippen LogP contribution is 2.24. The molecule has 0 radical (unpaired) electrons. The third-order valence-electron chi connectivity index (χ3n) is 2.79. The van der Waals surface area contributed by atoms with Crippen molar-refractivity contribution in [1.29, 1.82) is 0 Å². The third-order valence-corrected chi connectivity index (χ3v) is 3.20. The smallest absolute Gasteiger partial charge is 0.321 e. The molecule has 0 aliphatic rings. The molecule has 1 atom stereocenters. The number of aliphatic carboxylic acids is 1. The maximum absolute atomic E-state index is 10.9. The van der Waals surface area contributed by atoms with Crippen LogP contribution in [0.4, 0.5) is 0 Å². The Bertz CT molecular complexity index is 703. The second-order valence-electron chi connectivity index (χ2n) is 4.40. The summed E-state index contributed by atoms with van der Waals surface area (Å²) in [6, 6.07) is 7.32. The number of aromatic nitrogens is 2. The predicted molar refractivity (Wildman–Crippen MR) is 84.7 cm³/mol. The van der Waals surface area contributed by atoms with Crippen LogP contribution < -0.4 is 4.74 Å². The molecular formula is C16H13BrN2O3. The van der Waals surface area contributed by atoms with Gasteiger partial charge in [0.15, 0.2) is 0 Å². The van der Waals surface area contributed by atoms with Crippen molar-refractivity contribution in [3.05, 3.63) is 46.7 Å². The molecule has 0 amide bonds. The van der Waals surface area contributed by atoms with E-state index in [0.717, 1.165) is 10.0 Å². The molecule has 112 valence electrons. The molecule has 2 aromatic rings. The fourth-order valence-electron chi connectivity index (χ4n) is 1.83. The number of hydrogen-bond acceptors (Lipinski definition) is 4. The van der Waals surface area contributed by atoms with Gasteiger partial charge >= 0.3 is 12.0 Å². The lowest BCUT2D eigenvalue weighted by Crippen LogP contribution is -2.04. The largest absolute Gasteiger partial charge is 0.481 e. The Balaban J connectivity index is 2.12. The van der Waals surface area contributed by atoms with Crippen LogP contribution in [0.1, 0.15) is 24.8 Å². The Kier molecular flexibility index (Phi) is 5.50. The minimum absolute atomic E-state index is 0.0309. The molecule has 0 fully saturated rings. The van der Waals surface area contributed by atoms with Crippen LogP contribution in [0.25, 0.3) is 0 Å².